The summed E-state index contributed by atoms with van der Waals surface area (Å²) in [6.07, 6.45) is 2.45. The van der Waals surface area contributed by atoms with Crippen molar-refractivity contribution >= 4 is 23.0 Å². The molecule has 1 aromatic carbocycles. The average molecular weight is 335 g/mol. The van der Waals surface area contributed by atoms with Gasteiger partial charge in [-0.25, -0.2) is 0 Å². The van der Waals surface area contributed by atoms with Crippen LogP contribution in [0.2, 0.25) is 0 Å². The Labute approximate surface area is 141 Å². The van der Waals surface area contributed by atoms with Crippen LogP contribution in [0.5, 0.6) is 11.5 Å². The smallest absolute Gasteiger partial charge is 0.187 e. The number of hydrazone groups is 1. The third kappa shape index (κ3) is 4.33. The van der Waals surface area contributed by atoms with Crippen LogP contribution in [0.4, 0.5) is 0 Å². The van der Waals surface area contributed by atoms with Crippen molar-refractivity contribution in [1.29, 1.82) is 0 Å². The Morgan fingerprint density at radius 2 is 2.09 bits per heavy atom. The fraction of sp³-hybridized carbons (Fsp3) is 0.500. The summed E-state index contributed by atoms with van der Waals surface area (Å²) in [5, 5.41) is 7.94. The van der Waals surface area contributed by atoms with Crippen LogP contribution in [0, 0.1) is 0 Å². The molecule has 0 aromatic heterocycles. The van der Waals surface area contributed by atoms with Crippen LogP contribution in [0.3, 0.4) is 0 Å². The van der Waals surface area contributed by atoms with E-state index < -0.39 is 0 Å². The lowest BCUT2D eigenvalue weighted by Crippen LogP contribution is -2.37. The topological polar surface area (TPSA) is 64.1 Å². The molecule has 1 saturated heterocycles. The lowest BCUT2D eigenvalue weighted by molar-refractivity contribution is 0.114. The summed E-state index contributed by atoms with van der Waals surface area (Å²) in [6.45, 7) is 4.63. The van der Waals surface area contributed by atoms with Crippen molar-refractivity contribution in [3.8, 4) is 11.5 Å². The van der Waals surface area contributed by atoms with E-state index in [4.69, 9.17) is 26.4 Å². The zero-order chi connectivity index (χ0) is 16.1. The molecule has 124 valence electrons. The van der Waals surface area contributed by atoms with Crippen LogP contribution >= 0.6 is 12.2 Å². The monoisotopic (exact) mass is 335 g/mol. The standard InChI is InChI=1S/C16H21N3O3S/c1-11(12-4-5-14-15(9-12)22-8-7-21-14)18-19-16(23)17-10-13-3-2-6-20-13/h4-5,9,13H,2-3,6-8,10H2,1H3,(H2,17,19,23)/b18-11+. The fourth-order valence-electron chi connectivity index (χ4n) is 2.52. The van der Waals surface area contributed by atoms with Gasteiger partial charge in [0.05, 0.1) is 11.8 Å². The molecule has 23 heavy (non-hydrogen) atoms. The van der Waals surface area contributed by atoms with Gasteiger partial charge in [-0.05, 0) is 50.2 Å². The van der Waals surface area contributed by atoms with E-state index in [0.29, 0.717) is 24.9 Å². The van der Waals surface area contributed by atoms with Crippen LogP contribution < -0.4 is 20.2 Å². The predicted molar refractivity (Wildman–Crippen MR) is 92.4 cm³/mol. The highest BCUT2D eigenvalue weighted by molar-refractivity contribution is 7.80. The van der Waals surface area contributed by atoms with E-state index in [-0.39, 0.29) is 6.10 Å². The number of nitrogens with one attached hydrogen (secondary N) is 2. The summed E-state index contributed by atoms with van der Waals surface area (Å²) in [5.74, 6) is 1.52. The maximum atomic E-state index is 5.58. The largest absolute Gasteiger partial charge is 0.486 e. The van der Waals surface area contributed by atoms with Gasteiger partial charge >= 0.3 is 0 Å². The number of hydrogen-bond donors (Lipinski definition) is 2. The first-order chi connectivity index (χ1) is 11.2. The molecular formula is C16H21N3O3S. The van der Waals surface area contributed by atoms with Gasteiger partial charge in [0.25, 0.3) is 0 Å². The average Bonchev–Trinajstić information content (AvgIpc) is 3.11. The highest BCUT2D eigenvalue weighted by Gasteiger charge is 2.15. The summed E-state index contributed by atoms with van der Waals surface area (Å²) in [5.41, 5.74) is 4.65. The molecule has 6 nitrogen and oxygen atoms in total. The minimum atomic E-state index is 0.248. The maximum Gasteiger partial charge on any atom is 0.187 e. The summed E-state index contributed by atoms with van der Waals surface area (Å²) in [4.78, 5) is 0. The van der Waals surface area contributed by atoms with Crippen molar-refractivity contribution < 1.29 is 14.2 Å². The quantitative estimate of drug-likeness (QED) is 0.497. The molecule has 1 aromatic rings. The molecule has 2 aliphatic rings. The van der Waals surface area contributed by atoms with Gasteiger partial charge < -0.3 is 19.5 Å². The number of fused-ring (bicyclic) bond motifs is 1. The van der Waals surface area contributed by atoms with Crippen molar-refractivity contribution in [3.63, 3.8) is 0 Å². The molecular weight excluding hydrogens is 314 g/mol. The van der Waals surface area contributed by atoms with Gasteiger partial charge in [0, 0.05) is 18.7 Å². The Bertz CT molecular complexity index is 600. The first kappa shape index (κ1) is 16.0. The van der Waals surface area contributed by atoms with Crippen molar-refractivity contribution in [2.45, 2.75) is 25.9 Å². The molecule has 7 heteroatoms. The van der Waals surface area contributed by atoms with Gasteiger partial charge in [-0.1, -0.05) is 0 Å². The molecule has 0 spiro atoms. The zero-order valence-corrected chi connectivity index (χ0v) is 13.9. The zero-order valence-electron chi connectivity index (χ0n) is 13.1. The van der Waals surface area contributed by atoms with E-state index in [0.717, 1.165) is 42.2 Å². The summed E-state index contributed by atoms with van der Waals surface area (Å²) in [7, 11) is 0. The first-order valence-electron chi connectivity index (χ1n) is 7.82. The highest BCUT2D eigenvalue weighted by Crippen LogP contribution is 2.30. The van der Waals surface area contributed by atoms with Gasteiger partial charge in [-0.2, -0.15) is 5.10 Å². The van der Waals surface area contributed by atoms with E-state index in [1.807, 2.05) is 25.1 Å². The van der Waals surface area contributed by atoms with E-state index in [1.54, 1.807) is 0 Å². The Kier molecular flexibility index (Phi) is 5.30. The van der Waals surface area contributed by atoms with E-state index in [9.17, 15) is 0 Å². The maximum absolute atomic E-state index is 5.58. The molecule has 0 radical (unpaired) electrons. The number of hydrogen-bond acceptors (Lipinski definition) is 5. The predicted octanol–water partition coefficient (Wildman–Crippen LogP) is 1.82. The number of ether oxygens (including phenoxy) is 3. The second-order valence-electron chi connectivity index (χ2n) is 5.51. The van der Waals surface area contributed by atoms with Gasteiger partial charge in [0.2, 0.25) is 0 Å². The Morgan fingerprint density at radius 3 is 2.87 bits per heavy atom. The number of benzene rings is 1. The minimum Gasteiger partial charge on any atom is -0.486 e. The highest BCUT2D eigenvalue weighted by atomic mass is 32.1. The summed E-state index contributed by atoms with van der Waals surface area (Å²) >= 11 is 5.22. The van der Waals surface area contributed by atoms with Crippen LogP contribution in [-0.2, 0) is 4.74 Å². The van der Waals surface area contributed by atoms with Crippen molar-refractivity contribution in [3.05, 3.63) is 23.8 Å². The van der Waals surface area contributed by atoms with Gasteiger partial charge in [-0.15, -0.1) is 0 Å². The molecule has 0 saturated carbocycles. The number of nitrogens with zero attached hydrogens (tertiary/aromatic N) is 1. The molecule has 1 unspecified atom stereocenters. The molecule has 1 fully saturated rings. The molecule has 0 aliphatic carbocycles. The van der Waals surface area contributed by atoms with E-state index in [2.05, 4.69) is 15.8 Å². The van der Waals surface area contributed by atoms with Crippen LogP contribution in [0.15, 0.2) is 23.3 Å². The van der Waals surface area contributed by atoms with Gasteiger partial charge in [0.15, 0.2) is 16.6 Å². The van der Waals surface area contributed by atoms with Crippen LogP contribution in [-0.4, -0.2) is 43.3 Å². The number of thiocarbonyl (C=S) groups is 1. The lowest BCUT2D eigenvalue weighted by atomic mass is 10.1. The molecule has 0 bridgehead atoms. The lowest BCUT2D eigenvalue weighted by Gasteiger charge is -2.18. The molecule has 2 N–H and O–H groups in total. The third-order valence-corrected chi connectivity index (χ3v) is 4.04. The second-order valence-corrected chi connectivity index (χ2v) is 5.92. The van der Waals surface area contributed by atoms with Crippen LogP contribution in [0.1, 0.15) is 25.3 Å². The fourth-order valence-corrected chi connectivity index (χ4v) is 2.65. The van der Waals surface area contributed by atoms with Gasteiger partial charge in [-0.3, -0.25) is 5.43 Å². The molecule has 0 amide bonds. The van der Waals surface area contributed by atoms with Crippen molar-refractivity contribution in [2.75, 3.05) is 26.4 Å². The Balaban J connectivity index is 1.53. The molecule has 3 rings (SSSR count). The third-order valence-electron chi connectivity index (χ3n) is 3.80. The van der Waals surface area contributed by atoms with Crippen molar-refractivity contribution in [1.82, 2.24) is 10.7 Å². The van der Waals surface area contributed by atoms with E-state index in [1.165, 1.54) is 0 Å². The van der Waals surface area contributed by atoms with E-state index >= 15 is 0 Å². The normalized spacial score (nSPS) is 20.2. The molecule has 1 atom stereocenters. The Hall–Kier alpha value is -1.86. The molecule has 2 aliphatic heterocycles. The summed E-state index contributed by atoms with van der Waals surface area (Å²) in [6, 6.07) is 5.78. The van der Waals surface area contributed by atoms with Crippen LogP contribution in [0.25, 0.3) is 0 Å². The van der Waals surface area contributed by atoms with Gasteiger partial charge in [0.1, 0.15) is 13.2 Å². The summed E-state index contributed by atoms with van der Waals surface area (Å²) < 4.78 is 16.6. The Morgan fingerprint density at radius 1 is 1.26 bits per heavy atom. The number of rotatable bonds is 4. The second kappa shape index (κ2) is 7.61. The SMILES string of the molecule is C/C(=N\NC(=S)NCC1CCCO1)c1ccc2c(c1)OCCO2. The molecule has 2 heterocycles. The minimum absolute atomic E-state index is 0.248. The van der Waals surface area contributed by atoms with Crippen molar-refractivity contribution in [2.24, 2.45) is 5.10 Å². The first-order valence-corrected chi connectivity index (χ1v) is 8.23.